The van der Waals surface area contributed by atoms with Crippen molar-refractivity contribution in [2.45, 2.75) is 43.7 Å². The molecule has 2 heterocycles. The maximum absolute atomic E-state index is 6.35. The molecule has 0 amide bonds. The number of ether oxygens (including phenoxy) is 1. The van der Waals surface area contributed by atoms with Crippen LogP contribution in [0.1, 0.15) is 49.1 Å². The minimum absolute atomic E-state index is 0.246. The maximum atomic E-state index is 6.35. The highest BCUT2D eigenvalue weighted by Gasteiger charge is 2.38. The summed E-state index contributed by atoms with van der Waals surface area (Å²) in [5, 5.41) is 4.78. The zero-order valence-electron chi connectivity index (χ0n) is 11.5. The van der Waals surface area contributed by atoms with E-state index in [0.29, 0.717) is 23.2 Å². The first-order valence-corrected chi connectivity index (χ1v) is 7.60. The second-order valence-electron chi connectivity index (χ2n) is 5.88. The van der Waals surface area contributed by atoms with Crippen molar-refractivity contribution >= 4 is 11.6 Å². The standard InChI is InChI=1S/C15H16ClN3O2/c16-10-3-4-11-9(7-10)8-12(20-11)13-18-14(19-21-13)15(17)5-1-2-6-15/h3-4,7,12H,1-2,5-6,8,17H2. The fourth-order valence-corrected chi connectivity index (χ4v) is 3.35. The summed E-state index contributed by atoms with van der Waals surface area (Å²) in [5.74, 6) is 1.93. The van der Waals surface area contributed by atoms with Crippen molar-refractivity contribution in [2.24, 2.45) is 5.73 Å². The molecule has 2 N–H and O–H groups in total. The van der Waals surface area contributed by atoms with E-state index in [4.69, 9.17) is 26.6 Å². The second kappa shape index (κ2) is 4.71. The van der Waals surface area contributed by atoms with Crippen molar-refractivity contribution in [1.29, 1.82) is 0 Å². The molecule has 1 aliphatic heterocycles. The van der Waals surface area contributed by atoms with Gasteiger partial charge in [-0.15, -0.1) is 0 Å². The Hall–Kier alpha value is -1.59. The van der Waals surface area contributed by atoms with E-state index < -0.39 is 5.54 Å². The van der Waals surface area contributed by atoms with Crippen LogP contribution < -0.4 is 10.5 Å². The molecule has 2 aliphatic rings. The van der Waals surface area contributed by atoms with Gasteiger partial charge in [0.05, 0.1) is 5.54 Å². The first-order valence-electron chi connectivity index (χ1n) is 7.22. The van der Waals surface area contributed by atoms with E-state index in [2.05, 4.69) is 10.1 Å². The maximum Gasteiger partial charge on any atom is 0.268 e. The molecule has 110 valence electrons. The molecule has 1 unspecified atom stereocenters. The van der Waals surface area contributed by atoms with E-state index in [9.17, 15) is 0 Å². The summed E-state index contributed by atoms with van der Waals surface area (Å²) >= 11 is 6.00. The lowest BCUT2D eigenvalue weighted by Crippen LogP contribution is -2.34. The quantitative estimate of drug-likeness (QED) is 0.922. The van der Waals surface area contributed by atoms with Crippen LogP contribution in [0.2, 0.25) is 5.02 Å². The highest BCUT2D eigenvalue weighted by molar-refractivity contribution is 6.30. The number of aromatic nitrogens is 2. The van der Waals surface area contributed by atoms with Crippen molar-refractivity contribution < 1.29 is 9.26 Å². The first-order chi connectivity index (χ1) is 10.1. The van der Waals surface area contributed by atoms with Gasteiger partial charge >= 0.3 is 0 Å². The average Bonchev–Trinajstić information content (AvgIpc) is 3.15. The number of hydrogen-bond acceptors (Lipinski definition) is 5. The van der Waals surface area contributed by atoms with E-state index in [1.165, 1.54) is 0 Å². The van der Waals surface area contributed by atoms with Crippen LogP contribution in [0.3, 0.4) is 0 Å². The molecular weight excluding hydrogens is 290 g/mol. The topological polar surface area (TPSA) is 74.2 Å². The Kier molecular flexibility index (Phi) is 2.94. The monoisotopic (exact) mass is 305 g/mol. The van der Waals surface area contributed by atoms with Crippen molar-refractivity contribution in [3.63, 3.8) is 0 Å². The molecule has 1 fully saturated rings. The fourth-order valence-electron chi connectivity index (χ4n) is 3.15. The van der Waals surface area contributed by atoms with Gasteiger partial charge in [-0.1, -0.05) is 29.6 Å². The predicted octanol–water partition coefficient (Wildman–Crippen LogP) is 3.13. The van der Waals surface area contributed by atoms with Crippen LogP contribution in [0.5, 0.6) is 5.75 Å². The Morgan fingerprint density at radius 3 is 2.90 bits per heavy atom. The molecule has 4 rings (SSSR count). The van der Waals surface area contributed by atoms with Gasteiger partial charge in [-0.2, -0.15) is 4.98 Å². The lowest BCUT2D eigenvalue weighted by Gasteiger charge is -2.17. The van der Waals surface area contributed by atoms with Crippen molar-refractivity contribution in [3.05, 3.63) is 40.5 Å². The summed E-state index contributed by atoms with van der Waals surface area (Å²) in [6.45, 7) is 0. The van der Waals surface area contributed by atoms with Crippen molar-refractivity contribution in [2.75, 3.05) is 0 Å². The molecule has 1 saturated carbocycles. The third-order valence-corrected chi connectivity index (χ3v) is 4.59. The third-order valence-electron chi connectivity index (χ3n) is 4.36. The van der Waals surface area contributed by atoms with Crippen molar-refractivity contribution in [3.8, 4) is 5.75 Å². The van der Waals surface area contributed by atoms with Gasteiger partial charge in [0.1, 0.15) is 5.75 Å². The molecule has 5 nitrogen and oxygen atoms in total. The summed E-state index contributed by atoms with van der Waals surface area (Å²) in [4.78, 5) is 4.49. The molecule has 21 heavy (non-hydrogen) atoms. The van der Waals surface area contributed by atoms with Gasteiger partial charge < -0.3 is 15.0 Å². The molecule has 6 heteroatoms. The van der Waals surface area contributed by atoms with Crippen LogP contribution in [0.25, 0.3) is 0 Å². The molecule has 1 aliphatic carbocycles. The molecular formula is C15H16ClN3O2. The molecule has 2 aromatic rings. The number of halogens is 1. The highest BCUT2D eigenvalue weighted by atomic mass is 35.5. The van der Waals surface area contributed by atoms with Gasteiger partial charge in [-0.25, -0.2) is 0 Å². The molecule has 1 atom stereocenters. The minimum atomic E-state index is -0.434. The zero-order valence-corrected chi connectivity index (χ0v) is 12.3. The molecule has 0 saturated heterocycles. The van der Waals surface area contributed by atoms with Crippen LogP contribution >= 0.6 is 11.6 Å². The van der Waals surface area contributed by atoms with E-state index in [1.54, 1.807) is 0 Å². The van der Waals surface area contributed by atoms with Crippen LogP contribution in [-0.4, -0.2) is 10.1 Å². The van der Waals surface area contributed by atoms with Crippen LogP contribution in [0, 0.1) is 0 Å². The number of nitrogens with two attached hydrogens (primary N) is 1. The fraction of sp³-hybridized carbons (Fsp3) is 0.467. The van der Waals surface area contributed by atoms with E-state index >= 15 is 0 Å². The highest BCUT2D eigenvalue weighted by Crippen LogP contribution is 2.39. The number of benzene rings is 1. The van der Waals surface area contributed by atoms with E-state index in [1.807, 2.05) is 18.2 Å². The Bertz CT molecular complexity index is 679. The van der Waals surface area contributed by atoms with Gasteiger partial charge in [0, 0.05) is 11.4 Å². The largest absolute Gasteiger partial charge is 0.480 e. The van der Waals surface area contributed by atoms with E-state index in [0.717, 1.165) is 37.0 Å². The number of nitrogens with zero attached hydrogens (tertiary/aromatic N) is 2. The molecule has 1 aromatic heterocycles. The summed E-state index contributed by atoms with van der Waals surface area (Å²) < 4.78 is 11.2. The SMILES string of the molecule is NC1(c2noc(C3Cc4cc(Cl)ccc4O3)n2)CCCC1. The lowest BCUT2D eigenvalue weighted by atomic mass is 9.99. The number of fused-ring (bicyclic) bond motifs is 1. The van der Waals surface area contributed by atoms with Gasteiger partial charge in [0.25, 0.3) is 5.89 Å². The van der Waals surface area contributed by atoms with Crippen LogP contribution in [-0.2, 0) is 12.0 Å². The summed E-state index contributed by atoms with van der Waals surface area (Å²) in [7, 11) is 0. The Balaban J connectivity index is 1.58. The van der Waals surface area contributed by atoms with Gasteiger partial charge in [0.2, 0.25) is 0 Å². The number of rotatable bonds is 2. The Labute approximate surface area is 127 Å². The normalized spacial score (nSPS) is 23.0. The van der Waals surface area contributed by atoms with Crippen molar-refractivity contribution in [1.82, 2.24) is 10.1 Å². The third kappa shape index (κ3) is 2.21. The summed E-state index contributed by atoms with van der Waals surface area (Å²) in [6, 6.07) is 5.60. The average molecular weight is 306 g/mol. The van der Waals surface area contributed by atoms with E-state index in [-0.39, 0.29) is 6.10 Å². The molecule has 0 bridgehead atoms. The summed E-state index contributed by atoms with van der Waals surface area (Å²) in [5.41, 5.74) is 6.98. The zero-order chi connectivity index (χ0) is 14.4. The Morgan fingerprint density at radius 1 is 1.29 bits per heavy atom. The lowest BCUT2D eigenvalue weighted by molar-refractivity contribution is 0.183. The summed E-state index contributed by atoms with van der Waals surface area (Å²) in [6.07, 6.45) is 4.49. The molecule has 1 aromatic carbocycles. The first kappa shape index (κ1) is 13.1. The van der Waals surface area contributed by atoms with Crippen LogP contribution in [0.4, 0.5) is 0 Å². The molecule has 0 radical (unpaired) electrons. The van der Waals surface area contributed by atoms with Gasteiger partial charge in [-0.05, 0) is 36.6 Å². The Morgan fingerprint density at radius 2 is 2.10 bits per heavy atom. The predicted molar refractivity (Wildman–Crippen MR) is 77.2 cm³/mol. The molecule has 0 spiro atoms. The van der Waals surface area contributed by atoms with Gasteiger partial charge in [-0.3, -0.25) is 0 Å². The smallest absolute Gasteiger partial charge is 0.268 e. The van der Waals surface area contributed by atoms with Crippen LogP contribution in [0.15, 0.2) is 22.7 Å². The van der Waals surface area contributed by atoms with Gasteiger partial charge in [0.15, 0.2) is 11.9 Å². The minimum Gasteiger partial charge on any atom is -0.480 e. The number of hydrogen-bond donors (Lipinski definition) is 1. The second-order valence-corrected chi connectivity index (χ2v) is 6.32.